The molecule has 0 saturated carbocycles. The van der Waals surface area contributed by atoms with Gasteiger partial charge in [-0.3, -0.25) is 9.36 Å². The van der Waals surface area contributed by atoms with Crippen LogP contribution in [-0.2, 0) is 14.1 Å². The van der Waals surface area contributed by atoms with Gasteiger partial charge in [0.2, 0.25) is 0 Å². The molecule has 0 aromatic heterocycles. The topological polar surface area (TPSA) is 95.9 Å². The van der Waals surface area contributed by atoms with Gasteiger partial charge >= 0.3 is 13.6 Å². The van der Waals surface area contributed by atoms with E-state index in [9.17, 15) is 9.36 Å². The Kier molecular flexibility index (Phi) is 4.92. The third-order valence-corrected chi connectivity index (χ3v) is 3.57. The number of piperidine rings is 1. The summed E-state index contributed by atoms with van der Waals surface area (Å²) in [6.07, 6.45) is 0.968. The van der Waals surface area contributed by atoms with Gasteiger partial charge in [0.25, 0.3) is 0 Å². The molecule has 1 saturated heterocycles. The third-order valence-electron chi connectivity index (χ3n) is 2.58. The molecule has 0 spiro atoms. The fourth-order valence-corrected chi connectivity index (χ4v) is 2.93. The lowest BCUT2D eigenvalue weighted by atomic mass is 9.94. The predicted molar refractivity (Wildman–Crippen MR) is 58.1 cm³/mol. The first-order chi connectivity index (χ1) is 7.42. The van der Waals surface area contributed by atoms with Crippen molar-refractivity contribution < 1.29 is 23.9 Å². The summed E-state index contributed by atoms with van der Waals surface area (Å²) >= 11 is 0. The summed E-state index contributed by atoms with van der Waals surface area (Å²) in [4.78, 5) is 29.2. The van der Waals surface area contributed by atoms with E-state index < -0.39 is 13.6 Å². The van der Waals surface area contributed by atoms with Crippen molar-refractivity contribution in [1.82, 2.24) is 5.32 Å². The van der Waals surface area contributed by atoms with Crippen LogP contribution in [0.3, 0.4) is 0 Å². The van der Waals surface area contributed by atoms with Crippen LogP contribution >= 0.6 is 7.60 Å². The molecule has 3 N–H and O–H groups in total. The summed E-state index contributed by atoms with van der Waals surface area (Å²) in [5, 5.41) is 2.99. The van der Waals surface area contributed by atoms with E-state index in [2.05, 4.69) is 5.32 Å². The minimum Gasteiger partial charge on any atom is -0.465 e. The van der Waals surface area contributed by atoms with E-state index in [1.807, 2.05) is 0 Å². The van der Waals surface area contributed by atoms with E-state index in [0.29, 0.717) is 26.0 Å². The van der Waals surface area contributed by atoms with Crippen LogP contribution in [0.4, 0.5) is 0 Å². The normalized spacial score (nSPS) is 26.4. The SMILES string of the molecule is CCOC(=O)[C@H]1C[C@@H](CP(=O)(O)O)CCN1. The molecule has 0 aromatic rings. The monoisotopic (exact) mass is 251 g/mol. The van der Waals surface area contributed by atoms with Crippen molar-refractivity contribution in [2.75, 3.05) is 19.3 Å². The fourth-order valence-electron chi connectivity index (χ4n) is 1.92. The maximum absolute atomic E-state index is 11.4. The summed E-state index contributed by atoms with van der Waals surface area (Å²) in [5.41, 5.74) is 0. The summed E-state index contributed by atoms with van der Waals surface area (Å²) < 4.78 is 15.7. The van der Waals surface area contributed by atoms with Gasteiger partial charge in [0.15, 0.2) is 0 Å². The first kappa shape index (κ1) is 13.6. The molecule has 0 aromatic carbocycles. The van der Waals surface area contributed by atoms with Crippen molar-refractivity contribution in [2.24, 2.45) is 5.92 Å². The number of carbonyl (C=O) groups excluding carboxylic acids is 1. The maximum atomic E-state index is 11.4. The lowest BCUT2D eigenvalue weighted by molar-refractivity contribution is -0.146. The molecule has 16 heavy (non-hydrogen) atoms. The molecule has 0 amide bonds. The molecule has 0 bridgehead atoms. The van der Waals surface area contributed by atoms with E-state index in [1.54, 1.807) is 6.92 Å². The highest BCUT2D eigenvalue weighted by atomic mass is 31.2. The van der Waals surface area contributed by atoms with E-state index in [-0.39, 0.29) is 18.0 Å². The number of rotatable bonds is 4. The van der Waals surface area contributed by atoms with Gasteiger partial charge < -0.3 is 19.8 Å². The van der Waals surface area contributed by atoms with Gasteiger partial charge in [0.05, 0.1) is 12.8 Å². The summed E-state index contributed by atoms with van der Waals surface area (Å²) in [6, 6.07) is -0.426. The molecular weight excluding hydrogens is 233 g/mol. The molecule has 1 fully saturated rings. The summed E-state index contributed by atoms with van der Waals surface area (Å²) in [5.74, 6) is -0.450. The fraction of sp³-hybridized carbons (Fsp3) is 0.889. The smallest absolute Gasteiger partial charge is 0.325 e. The van der Waals surface area contributed by atoms with Crippen molar-refractivity contribution >= 4 is 13.6 Å². The van der Waals surface area contributed by atoms with Crippen LogP contribution in [0.2, 0.25) is 0 Å². The second-order valence-corrected chi connectivity index (χ2v) is 5.69. The van der Waals surface area contributed by atoms with Crippen LogP contribution in [0, 0.1) is 5.92 Å². The largest absolute Gasteiger partial charge is 0.465 e. The lowest BCUT2D eigenvalue weighted by Crippen LogP contribution is -2.45. The van der Waals surface area contributed by atoms with E-state index in [1.165, 1.54) is 0 Å². The zero-order valence-corrected chi connectivity index (χ0v) is 10.2. The highest BCUT2D eigenvalue weighted by Gasteiger charge is 2.31. The Morgan fingerprint density at radius 2 is 2.25 bits per heavy atom. The van der Waals surface area contributed by atoms with Crippen LogP contribution in [0.5, 0.6) is 0 Å². The Morgan fingerprint density at radius 1 is 1.56 bits per heavy atom. The molecule has 0 aliphatic carbocycles. The van der Waals surface area contributed by atoms with Crippen molar-refractivity contribution in [2.45, 2.75) is 25.8 Å². The average molecular weight is 251 g/mol. The number of esters is 1. The number of ether oxygens (including phenoxy) is 1. The number of hydrogen-bond donors (Lipinski definition) is 3. The molecule has 1 aliphatic rings. The highest BCUT2D eigenvalue weighted by Crippen LogP contribution is 2.39. The highest BCUT2D eigenvalue weighted by molar-refractivity contribution is 7.51. The zero-order valence-electron chi connectivity index (χ0n) is 9.26. The van der Waals surface area contributed by atoms with E-state index in [4.69, 9.17) is 14.5 Å². The van der Waals surface area contributed by atoms with Crippen LogP contribution < -0.4 is 5.32 Å². The van der Waals surface area contributed by atoms with Gasteiger partial charge in [-0.15, -0.1) is 0 Å². The summed E-state index contributed by atoms with van der Waals surface area (Å²) in [6.45, 7) is 2.64. The molecule has 94 valence electrons. The van der Waals surface area contributed by atoms with Crippen LogP contribution in [0.1, 0.15) is 19.8 Å². The molecule has 0 radical (unpaired) electrons. The zero-order chi connectivity index (χ0) is 12.2. The molecule has 7 heteroatoms. The van der Waals surface area contributed by atoms with Crippen molar-refractivity contribution in [3.63, 3.8) is 0 Å². The van der Waals surface area contributed by atoms with E-state index in [0.717, 1.165) is 0 Å². The standard InChI is InChI=1S/C9H18NO5P/c1-2-15-9(11)8-5-7(3-4-10-8)6-16(12,13)14/h7-8,10H,2-6H2,1H3,(H2,12,13,14)/t7-,8+/m0/s1. The predicted octanol–water partition coefficient (Wildman–Crippen LogP) is 0.0954. The number of hydrogen-bond acceptors (Lipinski definition) is 4. The maximum Gasteiger partial charge on any atom is 0.325 e. The molecular formula is C9H18NO5P. The van der Waals surface area contributed by atoms with Crippen molar-refractivity contribution in [1.29, 1.82) is 0 Å². The van der Waals surface area contributed by atoms with Gasteiger partial charge in [-0.1, -0.05) is 0 Å². The Morgan fingerprint density at radius 3 is 2.81 bits per heavy atom. The molecule has 1 heterocycles. The molecule has 6 nitrogen and oxygen atoms in total. The van der Waals surface area contributed by atoms with Crippen molar-refractivity contribution in [3.05, 3.63) is 0 Å². The second kappa shape index (κ2) is 5.77. The molecule has 0 unspecified atom stereocenters. The van der Waals surface area contributed by atoms with Gasteiger partial charge in [-0.05, 0) is 32.2 Å². The van der Waals surface area contributed by atoms with Crippen LogP contribution in [-0.4, -0.2) is 41.1 Å². The minimum absolute atomic E-state index is 0.114. The van der Waals surface area contributed by atoms with Crippen LogP contribution in [0.15, 0.2) is 0 Å². The van der Waals surface area contributed by atoms with Crippen LogP contribution in [0.25, 0.3) is 0 Å². The number of carbonyl (C=O) groups is 1. The third kappa shape index (κ3) is 4.61. The Balaban J connectivity index is 2.47. The van der Waals surface area contributed by atoms with Gasteiger partial charge in [0.1, 0.15) is 6.04 Å². The first-order valence-electron chi connectivity index (χ1n) is 5.37. The molecule has 1 rings (SSSR count). The van der Waals surface area contributed by atoms with E-state index >= 15 is 0 Å². The Labute approximate surface area is 94.5 Å². The Bertz CT molecular complexity index is 290. The lowest BCUT2D eigenvalue weighted by Gasteiger charge is -2.28. The van der Waals surface area contributed by atoms with Crippen molar-refractivity contribution in [3.8, 4) is 0 Å². The first-order valence-corrected chi connectivity index (χ1v) is 7.16. The Hall–Kier alpha value is -0.420. The average Bonchev–Trinajstić information content (AvgIpc) is 2.16. The second-order valence-electron chi connectivity index (χ2n) is 4.00. The quantitative estimate of drug-likeness (QED) is 0.484. The summed E-state index contributed by atoms with van der Waals surface area (Å²) in [7, 11) is -3.99. The number of nitrogens with one attached hydrogen (secondary N) is 1. The van der Waals surface area contributed by atoms with Gasteiger partial charge in [-0.2, -0.15) is 0 Å². The van der Waals surface area contributed by atoms with Gasteiger partial charge in [-0.25, -0.2) is 0 Å². The minimum atomic E-state index is -3.99. The molecule has 1 aliphatic heterocycles. The van der Waals surface area contributed by atoms with Gasteiger partial charge in [0, 0.05) is 0 Å². The molecule has 2 atom stereocenters.